The average Bonchev–Trinajstić information content (AvgIpc) is 3.01. The van der Waals surface area contributed by atoms with E-state index in [9.17, 15) is 13.6 Å². The van der Waals surface area contributed by atoms with Gasteiger partial charge in [-0.1, -0.05) is 18.9 Å². The molecule has 1 amide bonds. The van der Waals surface area contributed by atoms with E-state index in [2.05, 4.69) is 10.6 Å². The Morgan fingerprint density at radius 3 is 2.64 bits per heavy atom. The lowest BCUT2D eigenvalue weighted by Crippen LogP contribution is -2.45. The molecule has 1 saturated carbocycles. The number of ether oxygens (including phenoxy) is 1. The number of carbonyl (C=O) groups is 1. The van der Waals surface area contributed by atoms with E-state index in [1.54, 1.807) is 6.92 Å². The summed E-state index contributed by atoms with van der Waals surface area (Å²) in [5.74, 6) is -2.20. The Kier molecular flexibility index (Phi) is 5.71. The number of halogens is 2. The highest BCUT2D eigenvalue weighted by Gasteiger charge is 2.21. The predicted molar refractivity (Wildman–Crippen MR) is 79.6 cm³/mol. The first kappa shape index (κ1) is 16.7. The molecule has 0 spiro atoms. The first-order chi connectivity index (χ1) is 10.5. The van der Waals surface area contributed by atoms with Crippen LogP contribution in [0.15, 0.2) is 12.1 Å². The molecule has 6 heteroatoms. The van der Waals surface area contributed by atoms with Crippen LogP contribution < -0.4 is 15.4 Å². The molecule has 0 heterocycles. The molecule has 0 unspecified atom stereocenters. The second-order valence-corrected chi connectivity index (χ2v) is 5.65. The highest BCUT2D eigenvalue weighted by atomic mass is 19.2. The van der Waals surface area contributed by atoms with Gasteiger partial charge in [-0.15, -0.1) is 0 Å². The zero-order valence-electron chi connectivity index (χ0n) is 12.9. The first-order valence-electron chi connectivity index (χ1n) is 7.57. The van der Waals surface area contributed by atoms with Crippen LogP contribution in [0.1, 0.15) is 38.2 Å². The van der Waals surface area contributed by atoms with Crippen molar-refractivity contribution >= 4 is 5.91 Å². The van der Waals surface area contributed by atoms with E-state index in [4.69, 9.17) is 4.74 Å². The number of carbonyl (C=O) groups excluding carboxylic acids is 1. The number of nitrogens with one attached hydrogen (secondary N) is 2. The van der Waals surface area contributed by atoms with Gasteiger partial charge in [-0.3, -0.25) is 4.79 Å². The number of hydrogen-bond donors (Lipinski definition) is 2. The van der Waals surface area contributed by atoms with E-state index in [1.807, 2.05) is 0 Å². The summed E-state index contributed by atoms with van der Waals surface area (Å²) in [7, 11) is 1.28. The van der Waals surface area contributed by atoms with Crippen molar-refractivity contribution in [1.82, 2.24) is 10.6 Å². The van der Waals surface area contributed by atoms with Gasteiger partial charge in [-0.25, -0.2) is 4.39 Å². The minimum absolute atomic E-state index is 0.0754. The number of rotatable bonds is 6. The van der Waals surface area contributed by atoms with Crippen molar-refractivity contribution in [2.24, 2.45) is 0 Å². The van der Waals surface area contributed by atoms with E-state index in [0.717, 1.165) is 25.7 Å². The van der Waals surface area contributed by atoms with Crippen LogP contribution in [0.4, 0.5) is 8.78 Å². The largest absolute Gasteiger partial charge is 0.494 e. The van der Waals surface area contributed by atoms with Crippen LogP contribution in [0.25, 0.3) is 0 Å². The maximum Gasteiger partial charge on any atom is 0.237 e. The number of amides is 1. The summed E-state index contributed by atoms with van der Waals surface area (Å²) in [6.07, 6.45) is 4.31. The van der Waals surface area contributed by atoms with Gasteiger partial charge in [-0.2, -0.15) is 4.39 Å². The molecular formula is C16H22F2N2O2. The van der Waals surface area contributed by atoms with Crippen LogP contribution in [0.2, 0.25) is 0 Å². The number of benzene rings is 1. The maximum absolute atomic E-state index is 13.8. The van der Waals surface area contributed by atoms with E-state index in [-0.39, 0.29) is 29.8 Å². The summed E-state index contributed by atoms with van der Waals surface area (Å²) < 4.78 is 32.2. The third-order valence-electron chi connectivity index (χ3n) is 4.04. The monoisotopic (exact) mass is 312 g/mol. The van der Waals surface area contributed by atoms with Gasteiger partial charge in [-0.05, 0) is 25.8 Å². The Hall–Kier alpha value is -1.69. The van der Waals surface area contributed by atoms with Crippen molar-refractivity contribution in [3.8, 4) is 5.75 Å². The van der Waals surface area contributed by atoms with Crippen molar-refractivity contribution in [3.05, 3.63) is 29.3 Å². The fraction of sp³-hybridized carbons (Fsp3) is 0.562. The SMILES string of the molecule is COc1ccc(CN[C@@H](C)C(=O)NC2CCCC2)c(F)c1F. The molecule has 4 nitrogen and oxygen atoms in total. The minimum Gasteiger partial charge on any atom is -0.494 e. The average molecular weight is 312 g/mol. The molecule has 1 aromatic rings. The molecule has 1 fully saturated rings. The fourth-order valence-corrected chi connectivity index (χ4v) is 2.62. The Bertz CT molecular complexity index is 531. The van der Waals surface area contributed by atoms with Crippen LogP contribution in [0, 0.1) is 11.6 Å². The third kappa shape index (κ3) is 3.94. The zero-order chi connectivity index (χ0) is 16.1. The van der Waals surface area contributed by atoms with Crippen molar-refractivity contribution in [3.63, 3.8) is 0 Å². The van der Waals surface area contributed by atoms with Crippen LogP contribution in [0.5, 0.6) is 5.75 Å². The van der Waals surface area contributed by atoms with E-state index < -0.39 is 17.7 Å². The Morgan fingerprint density at radius 1 is 1.32 bits per heavy atom. The van der Waals surface area contributed by atoms with Crippen molar-refractivity contribution in [1.29, 1.82) is 0 Å². The Balaban J connectivity index is 1.89. The lowest BCUT2D eigenvalue weighted by molar-refractivity contribution is -0.123. The quantitative estimate of drug-likeness (QED) is 0.848. The van der Waals surface area contributed by atoms with Crippen LogP contribution in [0.3, 0.4) is 0 Å². The van der Waals surface area contributed by atoms with Gasteiger partial charge >= 0.3 is 0 Å². The summed E-state index contributed by atoms with van der Waals surface area (Å²) in [5.41, 5.74) is 0.166. The number of hydrogen-bond acceptors (Lipinski definition) is 3. The lowest BCUT2D eigenvalue weighted by atomic mass is 10.1. The van der Waals surface area contributed by atoms with Crippen LogP contribution in [-0.2, 0) is 11.3 Å². The smallest absolute Gasteiger partial charge is 0.237 e. The zero-order valence-corrected chi connectivity index (χ0v) is 12.9. The second-order valence-electron chi connectivity index (χ2n) is 5.65. The fourth-order valence-electron chi connectivity index (χ4n) is 2.62. The second kappa shape index (κ2) is 7.54. The molecule has 122 valence electrons. The van der Waals surface area contributed by atoms with Crippen LogP contribution in [-0.4, -0.2) is 25.1 Å². The van der Waals surface area contributed by atoms with Crippen molar-refractivity contribution < 1.29 is 18.3 Å². The summed E-state index contributed by atoms with van der Waals surface area (Å²) in [5, 5.41) is 5.89. The van der Waals surface area contributed by atoms with E-state index in [0.29, 0.717) is 0 Å². The normalized spacial score (nSPS) is 16.5. The molecule has 22 heavy (non-hydrogen) atoms. The molecule has 1 atom stereocenters. The minimum atomic E-state index is -1.01. The number of methoxy groups -OCH3 is 1. The van der Waals surface area contributed by atoms with Crippen molar-refractivity contribution in [2.45, 2.75) is 51.2 Å². The predicted octanol–water partition coefficient (Wildman–Crippen LogP) is 2.51. The molecular weight excluding hydrogens is 290 g/mol. The molecule has 0 saturated heterocycles. The Labute approximate surface area is 129 Å². The molecule has 1 aliphatic carbocycles. The summed E-state index contributed by atoms with van der Waals surface area (Å²) in [6, 6.07) is 2.60. The molecule has 2 rings (SSSR count). The van der Waals surface area contributed by atoms with Gasteiger partial charge in [0.05, 0.1) is 13.2 Å². The maximum atomic E-state index is 13.8. The van der Waals surface area contributed by atoms with Gasteiger partial charge in [0.15, 0.2) is 11.6 Å². The standard InChI is InChI=1S/C16H22F2N2O2/c1-10(16(21)20-12-5-3-4-6-12)19-9-11-7-8-13(22-2)15(18)14(11)17/h7-8,10,12,19H,3-6,9H2,1-2H3,(H,20,21)/t10-/m0/s1. The molecule has 0 aromatic heterocycles. The van der Waals surface area contributed by atoms with Gasteiger partial charge in [0, 0.05) is 18.2 Å². The van der Waals surface area contributed by atoms with E-state index >= 15 is 0 Å². The molecule has 1 aromatic carbocycles. The van der Waals surface area contributed by atoms with Gasteiger partial charge < -0.3 is 15.4 Å². The molecule has 0 radical (unpaired) electrons. The lowest BCUT2D eigenvalue weighted by Gasteiger charge is -2.18. The van der Waals surface area contributed by atoms with Gasteiger partial charge in [0.1, 0.15) is 0 Å². The molecule has 0 aliphatic heterocycles. The highest BCUT2D eigenvalue weighted by Crippen LogP contribution is 2.22. The summed E-state index contributed by atoms with van der Waals surface area (Å²) in [6.45, 7) is 1.79. The van der Waals surface area contributed by atoms with Crippen LogP contribution >= 0.6 is 0 Å². The van der Waals surface area contributed by atoms with E-state index in [1.165, 1.54) is 19.2 Å². The highest BCUT2D eigenvalue weighted by molar-refractivity contribution is 5.81. The summed E-state index contributed by atoms with van der Waals surface area (Å²) >= 11 is 0. The Morgan fingerprint density at radius 2 is 2.00 bits per heavy atom. The molecule has 1 aliphatic rings. The topological polar surface area (TPSA) is 50.4 Å². The van der Waals surface area contributed by atoms with Crippen molar-refractivity contribution in [2.75, 3.05) is 7.11 Å². The van der Waals surface area contributed by atoms with Gasteiger partial charge in [0.25, 0.3) is 0 Å². The molecule has 2 N–H and O–H groups in total. The molecule has 0 bridgehead atoms. The summed E-state index contributed by atoms with van der Waals surface area (Å²) in [4.78, 5) is 12.0. The third-order valence-corrected chi connectivity index (χ3v) is 4.04. The van der Waals surface area contributed by atoms with Gasteiger partial charge in [0.2, 0.25) is 11.7 Å². The first-order valence-corrected chi connectivity index (χ1v) is 7.57.